The molecular weight excluding hydrogens is 332 g/mol. The van der Waals surface area contributed by atoms with Gasteiger partial charge in [-0.2, -0.15) is 0 Å². The number of benzene rings is 1. The Kier molecular flexibility index (Phi) is 4.66. The Hall–Kier alpha value is -2.60. The van der Waals surface area contributed by atoms with Gasteiger partial charge in [0.1, 0.15) is 11.1 Å². The number of ether oxygens (including phenoxy) is 2. The van der Waals surface area contributed by atoms with Crippen LogP contribution in [0.2, 0.25) is 5.02 Å². The van der Waals surface area contributed by atoms with E-state index in [-0.39, 0.29) is 17.6 Å². The quantitative estimate of drug-likeness (QED) is 0.795. The van der Waals surface area contributed by atoms with Gasteiger partial charge in [0.15, 0.2) is 0 Å². The minimum atomic E-state index is -0.535. The fraction of sp³-hybridized carbons (Fsp3) is 0.235. The van der Waals surface area contributed by atoms with E-state index in [0.29, 0.717) is 29.6 Å². The van der Waals surface area contributed by atoms with Gasteiger partial charge in [-0.25, -0.2) is 9.78 Å². The summed E-state index contributed by atoms with van der Waals surface area (Å²) in [5, 5.41) is 0.429. The van der Waals surface area contributed by atoms with Crippen LogP contribution in [-0.2, 0) is 4.74 Å². The third-order valence-corrected chi connectivity index (χ3v) is 3.99. The van der Waals surface area contributed by atoms with Crippen molar-refractivity contribution in [2.45, 2.75) is 6.10 Å². The number of nitrogens with zero attached hydrogens (tertiary/aromatic N) is 2. The largest absolute Gasteiger partial charge is 0.470 e. The molecule has 3 rings (SSSR count). The second-order valence-electron chi connectivity index (χ2n) is 5.28. The molecule has 1 aliphatic heterocycles. The van der Waals surface area contributed by atoms with E-state index in [2.05, 4.69) is 4.98 Å². The van der Waals surface area contributed by atoms with E-state index in [0.717, 1.165) is 0 Å². The fourth-order valence-electron chi connectivity index (χ4n) is 2.42. The lowest BCUT2D eigenvalue weighted by molar-refractivity contribution is 0.0158. The third kappa shape index (κ3) is 3.19. The fourth-order valence-corrected chi connectivity index (χ4v) is 2.59. The number of pyridine rings is 1. The zero-order valence-corrected chi connectivity index (χ0v) is 13.7. The summed E-state index contributed by atoms with van der Waals surface area (Å²) < 4.78 is 10.4. The molecule has 0 saturated carbocycles. The number of carbonyl (C=O) groups is 2. The number of carbonyl (C=O) groups excluding carboxylic acids is 2. The van der Waals surface area contributed by atoms with Crippen molar-refractivity contribution in [3.05, 3.63) is 58.7 Å². The van der Waals surface area contributed by atoms with Crippen molar-refractivity contribution in [2.75, 3.05) is 20.2 Å². The van der Waals surface area contributed by atoms with Gasteiger partial charge in [-0.1, -0.05) is 23.7 Å². The second-order valence-corrected chi connectivity index (χ2v) is 5.68. The molecule has 1 saturated heterocycles. The van der Waals surface area contributed by atoms with Gasteiger partial charge in [-0.3, -0.25) is 4.79 Å². The van der Waals surface area contributed by atoms with Crippen molar-refractivity contribution in [2.24, 2.45) is 0 Å². The smallest absolute Gasteiger partial charge is 0.338 e. The summed E-state index contributed by atoms with van der Waals surface area (Å²) in [6.45, 7) is 0.808. The Morgan fingerprint density at radius 1 is 1.17 bits per heavy atom. The second kappa shape index (κ2) is 6.88. The van der Waals surface area contributed by atoms with Crippen LogP contribution in [0.5, 0.6) is 5.88 Å². The predicted octanol–water partition coefficient (Wildman–Crippen LogP) is 2.43. The number of esters is 1. The van der Waals surface area contributed by atoms with Crippen LogP contribution in [0.1, 0.15) is 20.7 Å². The minimum Gasteiger partial charge on any atom is -0.470 e. The van der Waals surface area contributed by atoms with Crippen molar-refractivity contribution in [1.29, 1.82) is 0 Å². The Balaban J connectivity index is 1.65. The highest BCUT2D eigenvalue weighted by Gasteiger charge is 2.34. The van der Waals surface area contributed by atoms with Crippen molar-refractivity contribution < 1.29 is 19.1 Å². The first-order valence-electron chi connectivity index (χ1n) is 7.34. The molecule has 0 N–H and O–H groups in total. The lowest BCUT2D eigenvalue weighted by atomic mass is 10.0. The summed E-state index contributed by atoms with van der Waals surface area (Å²) in [6.07, 6.45) is 1.42. The first kappa shape index (κ1) is 16.3. The molecule has 0 unspecified atom stereocenters. The standard InChI is InChI=1S/C17H15ClN2O4/c1-23-17(22)13-6-3-2-5-12(13)16(21)20-9-11(10-20)24-15-14(18)7-4-8-19-15/h2-8,11H,9-10H2,1H3. The van der Waals surface area contributed by atoms with E-state index >= 15 is 0 Å². The molecule has 1 aromatic heterocycles. The lowest BCUT2D eigenvalue weighted by Crippen LogP contribution is -2.56. The maximum absolute atomic E-state index is 12.6. The number of hydrogen-bond donors (Lipinski definition) is 0. The van der Waals surface area contributed by atoms with Gasteiger partial charge in [-0.05, 0) is 24.3 Å². The van der Waals surface area contributed by atoms with Gasteiger partial charge in [0.2, 0.25) is 5.88 Å². The van der Waals surface area contributed by atoms with Crippen molar-refractivity contribution in [3.8, 4) is 5.88 Å². The van der Waals surface area contributed by atoms with Crippen LogP contribution in [-0.4, -0.2) is 48.1 Å². The zero-order valence-electron chi connectivity index (χ0n) is 12.9. The van der Waals surface area contributed by atoms with Crippen LogP contribution in [0.3, 0.4) is 0 Å². The number of amides is 1. The maximum atomic E-state index is 12.6. The number of rotatable bonds is 4. The summed E-state index contributed by atoms with van der Waals surface area (Å²) in [6, 6.07) is 9.99. The molecule has 1 amide bonds. The molecule has 1 aliphatic rings. The number of likely N-dealkylation sites (tertiary alicyclic amines) is 1. The Morgan fingerprint density at radius 3 is 2.54 bits per heavy atom. The molecule has 24 heavy (non-hydrogen) atoms. The summed E-state index contributed by atoms with van der Waals surface area (Å²) in [5.41, 5.74) is 0.570. The summed E-state index contributed by atoms with van der Waals surface area (Å²) in [7, 11) is 1.29. The maximum Gasteiger partial charge on any atom is 0.338 e. The highest BCUT2D eigenvalue weighted by molar-refractivity contribution is 6.31. The van der Waals surface area contributed by atoms with Crippen LogP contribution in [0.15, 0.2) is 42.6 Å². The zero-order chi connectivity index (χ0) is 17.1. The van der Waals surface area contributed by atoms with Crippen LogP contribution >= 0.6 is 11.6 Å². The van der Waals surface area contributed by atoms with E-state index in [9.17, 15) is 9.59 Å². The van der Waals surface area contributed by atoms with Crippen LogP contribution in [0.4, 0.5) is 0 Å². The summed E-state index contributed by atoms with van der Waals surface area (Å²) >= 11 is 6.00. The van der Waals surface area contributed by atoms with E-state index < -0.39 is 5.97 Å². The summed E-state index contributed by atoms with van der Waals surface area (Å²) in [4.78, 5) is 30.0. The van der Waals surface area contributed by atoms with Crippen LogP contribution < -0.4 is 4.74 Å². The van der Waals surface area contributed by atoms with Crippen molar-refractivity contribution in [1.82, 2.24) is 9.88 Å². The van der Waals surface area contributed by atoms with Gasteiger partial charge in [-0.15, -0.1) is 0 Å². The molecule has 1 fully saturated rings. The number of hydrogen-bond acceptors (Lipinski definition) is 5. The number of aromatic nitrogens is 1. The van der Waals surface area contributed by atoms with Crippen LogP contribution in [0, 0.1) is 0 Å². The molecule has 124 valence electrons. The highest BCUT2D eigenvalue weighted by Crippen LogP contribution is 2.25. The Morgan fingerprint density at radius 2 is 1.88 bits per heavy atom. The molecule has 1 aromatic carbocycles. The molecule has 0 aliphatic carbocycles. The van der Waals surface area contributed by atoms with E-state index in [1.807, 2.05) is 0 Å². The van der Waals surface area contributed by atoms with E-state index in [4.69, 9.17) is 21.1 Å². The van der Waals surface area contributed by atoms with Crippen molar-refractivity contribution in [3.63, 3.8) is 0 Å². The van der Waals surface area contributed by atoms with Crippen LogP contribution in [0.25, 0.3) is 0 Å². The third-order valence-electron chi connectivity index (χ3n) is 3.70. The average molecular weight is 347 g/mol. The van der Waals surface area contributed by atoms with Gasteiger partial charge in [0.25, 0.3) is 5.91 Å². The molecule has 6 nitrogen and oxygen atoms in total. The minimum absolute atomic E-state index is 0.174. The molecular formula is C17H15ClN2O4. The molecule has 0 spiro atoms. The van der Waals surface area contributed by atoms with Gasteiger partial charge in [0, 0.05) is 6.20 Å². The first-order chi connectivity index (χ1) is 11.6. The van der Waals surface area contributed by atoms with Gasteiger partial charge >= 0.3 is 5.97 Å². The molecule has 0 atom stereocenters. The molecule has 7 heteroatoms. The molecule has 2 heterocycles. The molecule has 0 bridgehead atoms. The van der Waals surface area contributed by atoms with Gasteiger partial charge in [0.05, 0.1) is 31.3 Å². The first-order valence-corrected chi connectivity index (χ1v) is 7.71. The molecule has 2 aromatic rings. The van der Waals surface area contributed by atoms with Crippen molar-refractivity contribution >= 4 is 23.5 Å². The van der Waals surface area contributed by atoms with E-state index in [1.54, 1.807) is 47.5 Å². The Bertz CT molecular complexity index is 775. The highest BCUT2D eigenvalue weighted by atomic mass is 35.5. The average Bonchev–Trinajstić information content (AvgIpc) is 2.58. The Labute approximate surface area is 144 Å². The van der Waals surface area contributed by atoms with Gasteiger partial charge < -0.3 is 14.4 Å². The lowest BCUT2D eigenvalue weighted by Gasteiger charge is -2.38. The molecule has 0 radical (unpaired) electrons. The number of methoxy groups -OCH3 is 1. The predicted molar refractivity (Wildman–Crippen MR) is 87.3 cm³/mol. The topological polar surface area (TPSA) is 68.7 Å². The normalized spacial score (nSPS) is 14.0. The monoisotopic (exact) mass is 346 g/mol. The number of halogens is 1. The summed E-state index contributed by atoms with van der Waals surface area (Å²) in [5.74, 6) is -0.415. The van der Waals surface area contributed by atoms with E-state index in [1.165, 1.54) is 7.11 Å². The SMILES string of the molecule is COC(=O)c1ccccc1C(=O)N1CC(Oc2ncccc2Cl)C1.